The molecule has 1 aromatic rings. The second kappa shape index (κ2) is 3.76. The van der Waals surface area contributed by atoms with Gasteiger partial charge in [0.1, 0.15) is 4.90 Å². The van der Waals surface area contributed by atoms with Crippen molar-refractivity contribution in [2.24, 2.45) is 30.7 Å². The standard InChI is InChI=1S/C13H20N4O2S/c1-6-12(13(14)15-17(6)2)20(18,19)16-11-9-7-3-4-8(5-7)10(9)11/h7-11,16H,3-5H2,1-2H3,(H2,14,15). The van der Waals surface area contributed by atoms with Crippen LogP contribution in [-0.4, -0.2) is 24.2 Å². The van der Waals surface area contributed by atoms with E-state index in [-0.39, 0.29) is 16.8 Å². The molecule has 3 saturated carbocycles. The number of hydrogen-bond acceptors (Lipinski definition) is 4. The minimum absolute atomic E-state index is 0.0891. The Morgan fingerprint density at radius 1 is 1.30 bits per heavy atom. The van der Waals surface area contributed by atoms with Crippen LogP contribution in [0.1, 0.15) is 25.0 Å². The van der Waals surface area contributed by atoms with E-state index in [1.54, 1.807) is 14.0 Å². The van der Waals surface area contributed by atoms with Gasteiger partial charge in [0.15, 0.2) is 5.82 Å². The first-order valence-corrected chi connectivity index (χ1v) is 8.70. The second-order valence-corrected chi connectivity index (χ2v) is 8.21. The number of sulfonamides is 1. The summed E-state index contributed by atoms with van der Waals surface area (Å²) in [4.78, 5) is 0.150. The zero-order chi connectivity index (χ0) is 14.2. The van der Waals surface area contributed by atoms with Gasteiger partial charge in [0.05, 0.1) is 5.69 Å². The Labute approximate surface area is 118 Å². The van der Waals surface area contributed by atoms with Crippen LogP contribution in [0.3, 0.4) is 0 Å². The molecular weight excluding hydrogens is 276 g/mol. The molecule has 2 bridgehead atoms. The van der Waals surface area contributed by atoms with Crippen molar-refractivity contribution >= 4 is 15.8 Å². The molecule has 110 valence electrons. The molecule has 1 heterocycles. The first kappa shape index (κ1) is 12.6. The number of hydrogen-bond donors (Lipinski definition) is 2. The molecule has 0 aliphatic heterocycles. The van der Waals surface area contributed by atoms with E-state index in [4.69, 9.17) is 5.73 Å². The number of nitrogens with two attached hydrogens (primary N) is 1. The van der Waals surface area contributed by atoms with E-state index >= 15 is 0 Å². The zero-order valence-corrected chi connectivity index (χ0v) is 12.5. The maximum absolute atomic E-state index is 12.6. The quantitative estimate of drug-likeness (QED) is 0.856. The van der Waals surface area contributed by atoms with Crippen LogP contribution >= 0.6 is 0 Å². The van der Waals surface area contributed by atoms with E-state index in [9.17, 15) is 8.42 Å². The molecule has 3 N–H and O–H groups in total. The van der Waals surface area contributed by atoms with Gasteiger partial charge in [-0.2, -0.15) is 5.10 Å². The van der Waals surface area contributed by atoms with Gasteiger partial charge in [-0.1, -0.05) is 0 Å². The molecule has 20 heavy (non-hydrogen) atoms. The topological polar surface area (TPSA) is 90.0 Å². The van der Waals surface area contributed by atoms with E-state index in [0.29, 0.717) is 17.5 Å². The van der Waals surface area contributed by atoms with Gasteiger partial charge in [-0.15, -0.1) is 0 Å². The second-order valence-electron chi connectivity index (χ2n) is 6.56. The van der Waals surface area contributed by atoms with Crippen molar-refractivity contribution in [3.05, 3.63) is 5.69 Å². The summed E-state index contributed by atoms with van der Waals surface area (Å²) in [6.07, 6.45) is 3.86. The lowest BCUT2D eigenvalue weighted by Gasteiger charge is -2.11. The highest BCUT2D eigenvalue weighted by Crippen LogP contribution is 2.65. The van der Waals surface area contributed by atoms with E-state index in [1.807, 2.05) is 0 Å². The molecule has 1 aromatic heterocycles. The summed E-state index contributed by atoms with van der Waals surface area (Å²) < 4.78 is 29.5. The van der Waals surface area contributed by atoms with Crippen molar-refractivity contribution in [2.75, 3.05) is 5.73 Å². The predicted molar refractivity (Wildman–Crippen MR) is 74.3 cm³/mol. The minimum Gasteiger partial charge on any atom is -0.381 e. The van der Waals surface area contributed by atoms with Gasteiger partial charge in [-0.3, -0.25) is 4.68 Å². The first-order chi connectivity index (χ1) is 9.40. The Morgan fingerprint density at radius 2 is 1.90 bits per heavy atom. The Hall–Kier alpha value is -1.08. The molecule has 3 aliphatic carbocycles. The van der Waals surface area contributed by atoms with Crippen LogP contribution in [0.5, 0.6) is 0 Å². The van der Waals surface area contributed by atoms with Crippen LogP contribution in [-0.2, 0) is 17.1 Å². The highest BCUT2D eigenvalue weighted by atomic mass is 32.2. The molecule has 0 radical (unpaired) electrons. The summed E-state index contributed by atoms with van der Waals surface area (Å²) in [7, 11) is -1.85. The third-order valence-electron chi connectivity index (χ3n) is 5.60. The van der Waals surface area contributed by atoms with Crippen molar-refractivity contribution in [1.29, 1.82) is 0 Å². The SMILES string of the molecule is Cc1c(S(=O)(=O)NC2C3C4CCC(C4)C23)c(N)nn1C. The number of anilines is 1. The van der Waals surface area contributed by atoms with Crippen molar-refractivity contribution in [3.63, 3.8) is 0 Å². The Morgan fingerprint density at radius 3 is 2.40 bits per heavy atom. The van der Waals surface area contributed by atoms with E-state index in [1.165, 1.54) is 23.9 Å². The summed E-state index contributed by atoms with van der Waals surface area (Å²) in [6.45, 7) is 1.73. The number of nitrogens with one attached hydrogen (secondary N) is 1. The van der Waals surface area contributed by atoms with Crippen LogP contribution in [0.4, 0.5) is 5.82 Å². The molecule has 7 heteroatoms. The lowest BCUT2D eigenvalue weighted by molar-refractivity contribution is 0.456. The first-order valence-electron chi connectivity index (χ1n) is 7.21. The molecule has 3 aliphatic rings. The predicted octanol–water partition coefficient (Wildman–Crippen LogP) is 0.634. The van der Waals surface area contributed by atoms with Gasteiger partial charge < -0.3 is 5.73 Å². The maximum Gasteiger partial charge on any atom is 0.246 e. The van der Waals surface area contributed by atoms with Gasteiger partial charge in [0.25, 0.3) is 0 Å². The molecule has 3 fully saturated rings. The number of nitrogen functional groups attached to an aromatic ring is 1. The summed E-state index contributed by atoms with van der Waals surface area (Å²) in [5, 5.41) is 3.99. The third kappa shape index (κ3) is 1.53. The average Bonchev–Trinajstić information content (AvgIpc) is 2.72. The molecule has 4 atom stereocenters. The third-order valence-corrected chi connectivity index (χ3v) is 7.22. The largest absolute Gasteiger partial charge is 0.381 e. The van der Waals surface area contributed by atoms with Crippen molar-refractivity contribution in [3.8, 4) is 0 Å². The minimum atomic E-state index is -3.56. The molecule has 0 saturated heterocycles. The average molecular weight is 296 g/mol. The summed E-state index contributed by atoms with van der Waals surface area (Å²) in [5.41, 5.74) is 6.34. The molecule has 4 rings (SSSR count). The summed E-state index contributed by atoms with van der Waals surface area (Å²) >= 11 is 0. The van der Waals surface area contributed by atoms with Crippen molar-refractivity contribution in [2.45, 2.75) is 37.1 Å². The molecule has 0 spiro atoms. The lowest BCUT2D eigenvalue weighted by Crippen LogP contribution is -2.30. The Bertz CT molecular complexity index is 665. The van der Waals surface area contributed by atoms with Gasteiger partial charge in [0, 0.05) is 13.1 Å². The fourth-order valence-electron chi connectivity index (χ4n) is 4.67. The van der Waals surface area contributed by atoms with Gasteiger partial charge in [0.2, 0.25) is 10.0 Å². The molecule has 4 unspecified atom stereocenters. The monoisotopic (exact) mass is 296 g/mol. The molecule has 0 amide bonds. The number of fused-ring (bicyclic) bond motifs is 5. The Kier molecular flexibility index (Phi) is 2.38. The molecular formula is C13H20N4O2S. The van der Waals surface area contributed by atoms with Crippen LogP contribution in [0.2, 0.25) is 0 Å². The van der Waals surface area contributed by atoms with Gasteiger partial charge in [-0.25, -0.2) is 13.1 Å². The number of rotatable bonds is 3. The number of nitrogens with zero attached hydrogens (tertiary/aromatic N) is 2. The van der Waals surface area contributed by atoms with Crippen molar-refractivity contribution in [1.82, 2.24) is 14.5 Å². The van der Waals surface area contributed by atoms with E-state index < -0.39 is 10.0 Å². The van der Waals surface area contributed by atoms with Crippen LogP contribution in [0, 0.1) is 30.6 Å². The fourth-order valence-corrected chi connectivity index (χ4v) is 6.30. The summed E-state index contributed by atoms with van der Waals surface area (Å²) in [6, 6.07) is 0.130. The Balaban J connectivity index is 1.60. The molecule has 0 aromatic carbocycles. The maximum atomic E-state index is 12.6. The van der Waals surface area contributed by atoms with E-state index in [2.05, 4.69) is 9.82 Å². The highest BCUT2D eigenvalue weighted by molar-refractivity contribution is 7.89. The zero-order valence-electron chi connectivity index (χ0n) is 11.7. The molecule has 6 nitrogen and oxygen atoms in total. The van der Waals surface area contributed by atoms with E-state index in [0.717, 1.165) is 11.8 Å². The van der Waals surface area contributed by atoms with Crippen LogP contribution < -0.4 is 10.5 Å². The van der Waals surface area contributed by atoms with Crippen LogP contribution in [0.25, 0.3) is 0 Å². The fraction of sp³-hybridized carbons (Fsp3) is 0.769. The summed E-state index contributed by atoms with van der Waals surface area (Å²) in [5.74, 6) is 2.71. The normalized spacial score (nSPS) is 38.2. The number of aromatic nitrogens is 2. The van der Waals surface area contributed by atoms with Gasteiger partial charge >= 0.3 is 0 Å². The van der Waals surface area contributed by atoms with Crippen molar-refractivity contribution < 1.29 is 8.42 Å². The lowest BCUT2D eigenvalue weighted by atomic mass is 10.0. The number of aryl methyl sites for hydroxylation is 1. The van der Waals surface area contributed by atoms with Gasteiger partial charge in [-0.05, 0) is 49.9 Å². The van der Waals surface area contributed by atoms with Crippen LogP contribution in [0.15, 0.2) is 4.90 Å². The smallest absolute Gasteiger partial charge is 0.246 e. The highest BCUT2D eigenvalue weighted by Gasteiger charge is 2.65.